The molecule has 2 rings (SSSR count). The van der Waals surface area contributed by atoms with Crippen molar-refractivity contribution in [1.29, 1.82) is 0 Å². The maximum atomic E-state index is 11.9. The summed E-state index contributed by atoms with van der Waals surface area (Å²) in [7, 11) is 0. The van der Waals surface area contributed by atoms with Crippen LogP contribution in [0, 0.1) is 5.92 Å². The summed E-state index contributed by atoms with van der Waals surface area (Å²) in [6, 6.07) is 5.31. The summed E-state index contributed by atoms with van der Waals surface area (Å²) in [5.41, 5.74) is 6.63. The molecule has 17 heavy (non-hydrogen) atoms. The number of nitrogens with zero attached hydrogens (tertiary/aromatic N) is 1. The van der Waals surface area contributed by atoms with Crippen molar-refractivity contribution in [2.24, 2.45) is 11.7 Å². The van der Waals surface area contributed by atoms with Gasteiger partial charge in [0.05, 0.1) is 30.9 Å². The van der Waals surface area contributed by atoms with E-state index in [2.05, 4.69) is 10.3 Å². The third-order valence-electron chi connectivity index (χ3n) is 2.95. The molecule has 1 aromatic heterocycles. The Hall–Kier alpha value is -1.46. The minimum absolute atomic E-state index is 0.0619. The van der Waals surface area contributed by atoms with Gasteiger partial charge < -0.3 is 15.8 Å². The molecule has 3 N–H and O–H groups in total. The molecule has 1 fully saturated rings. The molecule has 1 aromatic rings. The van der Waals surface area contributed by atoms with Crippen LogP contribution in [0.5, 0.6) is 0 Å². The summed E-state index contributed by atoms with van der Waals surface area (Å²) in [5.74, 6) is -0.311. The topological polar surface area (TPSA) is 77.2 Å². The van der Waals surface area contributed by atoms with Gasteiger partial charge in [0, 0.05) is 12.2 Å². The van der Waals surface area contributed by atoms with Crippen molar-refractivity contribution in [3.05, 3.63) is 30.1 Å². The number of nitrogens with two attached hydrogens (primary N) is 1. The van der Waals surface area contributed by atoms with E-state index in [1.54, 1.807) is 6.20 Å². The number of carbonyl (C=O) groups is 1. The molecule has 3 unspecified atom stereocenters. The predicted octanol–water partition coefficient (Wildman–Crippen LogP) is 0.232. The van der Waals surface area contributed by atoms with Gasteiger partial charge in [-0.15, -0.1) is 0 Å². The average Bonchev–Trinajstić information content (AvgIpc) is 2.76. The molecule has 5 heteroatoms. The Morgan fingerprint density at radius 3 is 3.00 bits per heavy atom. The number of rotatable bonds is 3. The lowest BCUT2D eigenvalue weighted by atomic mass is 10.0. The molecule has 2 heterocycles. The van der Waals surface area contributed by atoms with Crippen LogP contribution in [0.1, 0.15) is 18.7 Å². The number of nitrogens with one attached hydrogen (secondary N) is 1. The van der Waals surface area contributed by atoms with E-state index in [1.165, 1.54) is 0 Å². The Bertz CT molecular complexity index is 383. The monoisotopic (exact) mass is 235 g/mol. The SMILES string of the molecule is CC(NC(=O)C1COCC1N)c1ccccn1. The molecule has 92 valence electrons. The molecule has 0 saturated carbocycles. The van der Waals surface area contributed by atoms with E-state index in [0.717, 1.165) is 5.69 Å². The molecule has 1 aliphatic rings. The Labute approximate surface area is 100 Å². The van der Waals surface area contributed by atoms with E-state index in [0.29, 0.717) is 13.2 Å². The quantitative estimate of drug-likeness (QED) is 0.786. The van der Waals surface area contributed by atoms with Gasteiger partial charge in [0.1, 0.15) is 0 Å². The van der Waals surface area contributed by atoms with Gasteiger partial charge in [0.15, 0.2) is 0 Å². The van der Waals surface area contributed by atoms with Crippen molar-refractivity contribution < 1.29 is 9.53 Å². The number of hydrogen-bond donors (Lipinski definition) is 2. The molecule has 1 amide bonds. The summed E-state index contributed by atoms with van der Waals surface area (Å²) >= 11 is 0. The maximum absolute atomic E-state index is 11.9. The maximum Gasteiger partial charge on any atom is 0.227 e. The van der Waals surface area contributed by atoms with Crippen molar-refractivity contribution in [3.8, 4) is 0 Å². The van der Waals surface area contributed by atoms with Gasteiger partial charge in [-0.3, -0.25) is 9.78 Å². The van der Waals surface area contributed by atoms with Gasteiger partial charge in [-0.25, -0.2) is 0 Å². The van der Waals surface area contributed by atoms with Crippen molar-refractivity contribution >= 4 is 5.91 Å². The van der Waals surface area contributed by atoms with Crippen LogP contribution in [0.4, 0.5) is 0 Å². The van der Waals surface area contributed by atoms with Crippen LogP contribution >= 0.6 is 0 Å². The molecule has 0 bridgehead atoms. The van der Waals surface area contributed by atoms with E-state index >= 15 is 0 Å². The van der Waals surface area contributed by atoms with Crippen LogP contribution in [0.15, 0.2) is 24.4 Å². The Morgan fingerprint density at radius 2 is 2.41 bits per heavy atom. The van der Waals surface area contributed by atoms with Crippen LogP contribution in [0.2, 0.25) is 0 Å². The van der Waals surface area contributed by atoms with Gasteiger partial charge in [-0.2, -0.15) is 0 Å². The van der Waals surface area contributed by atoms with Crippen molar-refractivity contribution in [2.75, 3.05) is 13.2 Å². The average molecular weight is 235 g/mol. The lowest BCUT2D eigenvalue weighted by Crippen LogP contribution is -2.41. The summed E-state index contributed by atoms with van der Waals surface area (Å²) in [4.78, 5) is 16.1. The molecular weight excluding hydrogens is 218 g/mol. The van der Waals surface area contributed by atoms with Crippen LogP contribution in [-0.4, -0.2) is 30.1 Å². The second-order valence-corrected chi connectivity index (χ2v) is 4.29. The fourth-order valence-electron chi connectivity index (χ4n) is 1.87. The van der Waals surface area contributed by atoms with Crippen LogP contribution in [0.3, 0.4) is 0 Å². The van der Waals surface area contributed by atoms with Gasteiger partial charge >= 0.3 is 0 Å². The highest BCUT2D eigenvalue weighted by atomic mass is 16.5. The summed E-state index contributed by atoms with van der Waals surface area (Å²) in [5, 5.41) is 2.91. The van der Waals surface area contributed by atoms with Crippen molar-refractivity contribution in [1.82, 2.24) is 10.3 Å². The zero-order valence-corrected chi connectivity index (χ0v) is 9.80. The first kappa shape index (κ1) is 12.0. The van der Waals surface area contributed by atoms with Gasteiger partial charge in [-0.1, -0.05) is 6.07 Å². The summed E-state index contributed by atoms with van der Waals surface area (Å²) in [6.07, 6.45) is 1.71. The minimum atomic E-state index is -0.249. The highest BCUT2D eigenvalue weighted by Crippen LogP contribution is 2.14. The normalized spacial score (nSPS) is 25.5. The fourth-order valence-corrected chi connectivity index (χ4v) is 1.87. The molecule has 5 nitrogen and oxygen atoms in total. The molecule has 0 radical (unpaired) electrons. The number of aromatic nitrogens is 1. The van der Waals surface area contributed by atoms with Crippen LogP contribution < -0.4 is 11.1 Å². The molecule has 0 aromatic carbocycles. The van der Waals surface area contributed by atoms with E-state index in [9.17, 15) is 4.79 Å². The van der Waals surface area contributed by atoms with E-state index < -0.39 is 0 Å². The van der Waals surface area contributed by atoms with E-state index in [1.807, 2.05) is 25.1 Å². The lowest BCUT2D eigenvalue weighted by Gasteiger charge is -2.18. The van der Waals surface area contributed by atoms with Gasteiger partial charge in [-0.05, 0) is 19.1 Å². The Morgan fingerprint density at radius 1 is 1.59 bits per heavy atom. The molecule has 1 aliphatic heterocycles. The molecule has 3 atom stereocenters. The van der Waals surface area contributed by atoms with Crippen molar-refractivity contribution in [2.45, 2.75) is 19.0 Å². The zero-order chi connectivity index (χ0) is 12.3. The first-order valence-corrected chi connectivity index (χ1v) is 5.73. The molecule has 0 aliphatic carbocycles. The number of hydrogen-bond acceptors (Lipinski definition) is 4. The Kier molecular flexibility index (Phi) is 3.71. The smallest absolute Gasteiger partial charge is 0.227 e. The third-order valence-corrected chi connectivity index (χ3v) is 2.95. The number of amides is 1. The first-order chi connectivity index (χ1) is 8.18. The van der Waals surface area contributed by atoms with Gasteiger partial charge in [0.25, 0.3) is 0 Å². The van der Waals surface area contributed by atoms with Crippen molar-refractivity contribution in [3.63, 3.8) is 0 Å². The highest BCUT2D eigenvalue weighted by Gasteiger charge is 2.32. The fraction of sp³-hybridized carbons (Fsp3) is 0.500. The minimum Gasteiger partial charge on any atom is -0.379 e. The first-order valence-electron chi connectivity index (χ1n) is 5.73. The number of pyridine rings is 1. The Balaban J connectivity index is 1.95. The van der Waals surface area contributed by atoms with Crippen LogP contribution in [0.25, 0.3) is 0 Å². The lowest BCUT2D eigenvalue weighted by molar-refractivity contribution is -0.125. The van der Waals surface area contributed by atoms with E-state index in [-0.39, 0.29) is 23.9 Å². The summed E-state index contributed by atoms with van der Waals surface area (Å²) < 4.78 is 5.18. The predicted molar refractivity (Wildman–Crippen MR) is 63.1 cm³/mol. The molecular formula is C12H17N3O2. The number of carbonyl (C=O) groups excluding carboxylic acids is 1. The van der Waals surface area contributed by atoms with E-state index in [4.69, 9.17) is 10.5 Å². The molecule has 1 saturated heterocycles. The standard InChI is InChI=1S/C12H17N3O2/c1-8(11-4-2-3-5-14-11)15-12(16)9-6-17-7-10(9)13/h2-5,8-10H,6-7,13H2,1H3,(H,15,16). The van der Waals surface area contributed by atoms with Crippen LogP contribution in [-0.2, 0) is 9.53 Å². The second kappa shape index (κ2) is 5.25. The number of ether oxygens (including phenoxy) is 1. The largest absolute Gasteiger partial charge is 0.379 e. The van der Waals surface area contributed by atoms with Gasteiger partial charge in [0.2, 0.25) is 5.91 Å². The second-order valence-electron chi connectivity index (χ2n) is 4.29. The zero-order valence-electron chi connectivity index (χ0n) is 9.80. The highest BCUT2D eigenvalue weighted by molar-refractivity contribution is 5.80. The molecule has 0 spiro atoms. The third kappa shape index (κ3) is 2.81. The summed E-state index contributed by atoms with van der Waals surface area (Å²) in [6.45, 7) is 2.76.